The number of alkyl halides is 1. The van der Waals surface area contributed by atoms with Crippen molar-refractivity contribution >= 4 is 33.4 Å². The Morgan fingerprint density at radius 3 is 2.79 bits per heavy atom. The summed E-state index contributed by atoms with van der Waals surface area (Å²) in [5.41, 5.74) is 0.896. The molecule has 0 radical (unpaired) electrons. The van der Waals surface area contributed by atoms with Crippen LogP contribution in [0.4, 0.5) is 0 Å². The van der Waals surface area contributed by atoms with E-state index in [9.17, 15) is 4.79 Å². The molecule has 1 aromatic rings. The first-order chi connectivity index (χ1) is 9.20. The Balaban J connectivity index is 1.92. The van der Waals surface area contributed by atoms with Crippen LogP contribution in [0.3, 0.4) is 0 Å². The predicted octanol–water partition coefficient (Wildman–Crippen LogP) is 3.95. The van der Waals surface area contributed by atoms with Gasteiger partial charge in [-0.2, -0.15) is 0 Å². The molecular weight excluding hydrogens is 326 g/mol. The number of amides is 1. The molecule has 0 spiro atoms. The second kappa shape index (κ2) is 7.30. The maximum absolute atomic E-state index is 12.1. The minimum Gasteiger partial charge on any atom is -0.353 e. The molecule has 2 unspecified atom stereocenters. The van der Waals surface area contributed by atoms with Crippen molar-refractivity contribution in [3.63, 3.8) is 0 Å². The molecule has 4 heteroatoms. The van der Waals surface area contributed by atoms with Crippen LogP contribution < -0.4 is 5.32 Å². The number of hydrogen-bond donors (Lipinski definition) is 1. The summed E-state index contributed by atoms with van der Waals surface area (Å²) < 4.78 is 0. The largest absolute Gasteiger partial charge is 0.353 e. The van der Waals surface area contributed by atoms with Gasteiger partial charge in [0.05, 0.1) is 6.42 Å². The minimum atomic E-state index is 0.0750. The van der Waals surface area contributed by atoms with E-state index in [4.69, 9.17) is 11.6 Å². The van der Waals surface area contributed by atoms with E-state index >= 15 is 0 Å². The third-order valence-corrected chi connectivity index (χ3v) is 4.96. The highest BCUT2D eigenvalue weighted by atomic mass is 79.9. The van der Waals surface area contributed by atoms with Crippen molar-refractivity contribution < 1.29 is 4.79 Å². The highest BCUT2D eigenvalue weighted by Gasteiger charge is 2.25. The molecule has 0 aromatic heterocycles. The van der Waals surface area contributed by atoms with E-state index in [1.54, 1.807) is 0 Å². The molecule has 2 nitrogen and oxygen atoms in total. The van der Waals surface area contributed by atoms with E-state index in [1.165, 1.54) is 19.3 Å². The van der Waals surface area contributed by atoms with Gasteiger partial charge in [0.15, 0.2) is 0 Å². The molecule has 1 fully saturated rings. The molecule has 1 N–H and O–H groups in total. The normalized spacial score (nSPS) is 23.1. The van der Waals surface area contributed by atoms with Gasteiger partial charge in [-0.1, -0.05) is 58.6 Å². The number of rotatable bonds is 4. The van der Waals surface area contributed by atoms with Crippen LogP contribution in [-0.4, -0.2) is 17.3 Å². The first kappa shape index (κ1) is 14.9. The highest BCUT2D eigenvalue weighted by molar-refractivity contribution is 9.09. The van der Waals surface area contributed by atoms with Crippen LogP contribution in [0.2, 0.25) is 5.02 Å². The number of halogens is 2. The molecule has 1 aromatic carbocycles. The third-order valence-electron chi connectivity index (χ3n) is 3.76. The van der Waals surface area contributed by atoms with Gasteiger partial charge in [0.2, 0.25) is 5.91 Å². The number of nitrogens with one attached hydrogen (secondary N) is 1. The Morgan fingerprint density at radius 2 is 2.05 bits per heavy atom. The number of hydrogen-bond acceptors (Lipinski definition) is 1. The molecule has 0 saturated heterocycles. The standard InChI is InChI=1S/C15H19BrClNO/c16-10-12-6-2-4-8-14(12)18-15(19)9-11-5-1-3-7-13(11)17/h1,3,5,7,12,14H,2,4,6,8-10H2,(H,18,19). The molecule has 19 heavy (non-hydrogen) atoms. The van der Waals surface area contributed by atoms with Gasteiger partial charge in [0, 0.05) is 16.4 Å². The van der Waals surface area contributed by atoms with Crippen molar-refractivity contribution in [2.45, 2.75) is 38.1 Å². The van der Waals surface area contributed by atoms with E-state index in [0.29, 0.717) is 23.4 Å². The summed E-state index contributed by atoms with van der Waals surface area (Å²) in [6, 6.07) is 7.84. The van der Waals surface area contributed by atoms with E-state index in [-0.39, 0.29) is 5.91 Å². The average Bonchev–Trinajstić information content (AvgIpc) is 2.42. The monoisotopic (exact) mass is 343 g/mol. The SMILES string of the molecule is O=C(Cc1ccccc1Cl)NC1CCCCC1CBr. The lowest BCUT2D eigenvalue weighted by atomic mass is 9.86. The smallest absolute Gasteiger partial charge is 0.224 e. The van der Waals surface area contributed by atoms with Gasteiger partial charge < -0.3 is 5.32 Å². The topological polar surface area (TPSA) is 29.1 Å². The lowest BCUT2D eigenvalue weighted by Crippen LogP contribution is -2.43. The number of carbonyl (C=O) groups is 1. The lowest BCUT2D eigenvalue weighted by Gasteiger charge is -2.31. The van der Waals surface area contributed by atoms with Crippen molar-refractivity contribution in [1.29, 1.82) is 0 Å². The lowest BCUT2D eigenvalue weighted by molar-refractivity contribution is -0.121. The maximum atomic E-state index is 12.1. The molecule has 1 aliphatic carbocycles. The summed E-state index contributed by atoms with van der Waals surface area (Å²) >= 11 is 9.63. The van der Waals surface area contributed by atoms with Crippen LogP contribution >= 0.6 is 27.5 Å². The minimum absolute atomic E-state index is 0.0750. The molecular formula is C15H19BrClNO. The Hall–Kier alpha value is -0.540. The van der Waals surface area contributed by atoms with Gasteiger partial charge >= 0.3 is 0 Å². The molecule has 0 aliphatic heterocycles. The van der Waals surface area contributed by atoms with Gasteiger partial charge in [0.1, 0.15) is 0 Å². The molecule has 2 atom stereocenters. The zero-order chi connectivity index (χ0) is 13.7. The van der Waals surface area contributed by atoms with E-state index < -0.39 is 0 Å². The summed E-state index contributed by atoms with van der Waals surface area (Å²) in [7, 11) is 0. The van der Waals surface area contributed by atoms with Crippen LogP contribution in [0, 0.1) is 5.92 Å². The molecule has 1 saturated carbocycles. The average molecular weight is 345 g/mol. The van der Waals surface area contributed by atoms with Crippen molar-refractivity contribution in [3.05, 3.63) is 34.9 Å². The molecule has 0 heterocycles. The quantitative estimate of drug-likeness (QED) is 0.823. The Bertz CT molecular complexity index is 438. The fraction of sp³-hybridized carbons (Fsp3) is 0.533. The van der Waals surface area contributed by atoms with E-state index in [2.05, 4.69) is 21.2 Å². The zero-order valence-corrected chi connectivity index (χ0v) is 13.2. The number of carbonyl (C=O) groups excluding carboxylic acids is 1. The summed E-state index contributed by atoms with van der Waals surface area (Å²) in [5, 5.41) is 4.80. The molecule has 1 aliphatic rings. The predicted molar refractivity (Wildman–Crippen MR) is 82.8 cm³/mol. The summed E-state index contributed by atoms with van der Waals surface area (Å²) in [6.07, 6.45) is 5.13. The molecule has 0 bridgehead atoms. The fourth-order valence-corrected chi connectivity index (χ4v) is 3.63. The summed E-state index contributed by atoms with van der Waals surface area (Å²) in [4.78, 5) is 12.1. The van der Waals surface area contributed by atoms with E-state index in [0.717, 1.165) is 17.3 Å². The van der Waals surface area contributed by atoms with Gasteiger partial charge in [-0.25, -0.2) is 0 Å². The van der Waals surface area contributed by atoms with Gasteiger partial charge in [0.25, 0.3) is 0 Å². The van der Waals surface area contributed by atoms with Crippen LogP contribution in [0.25, 0.3) is 0 Å². The second-order valence-electron chi connectivity index (χ2n) is 5.14. The van der Waals surface area contributed by atoms with Crippen molar-refractivity contribution in [3.8, 4) is 0 Å². The summed E-state index contributed by atoms with van der Waals surface area (Å²) in [5.74, 6) is 0.634. The Labute approximate surface area is 128 Å². The van der Waals surface area contributed by atoms with Crippen LogP contribution in [0.15, 0.2) is 24.3 Å². The summed E-state index contributed by atoms with van der Waals surface area (Å²) in [6.45, 7) is 0. The molecule has 104 valence electrons. The Kier molecular flexibility index (Phi) is 5.71. The highest BCUT2D eigenvalue weighted by Crippen LogP contribution is 2.26. The van der Waals surface area contributed by atoms with Crippen molar-refractivity contribution in [2.24, 2.45) is 5.92 Å². The van der Waals surface area contributed by atoms with Crippen LogP contribution in [0.1, 0.15) is 31.2 Å². The zero-order valence-electron chi connectivity index (χ0n) is 10.9. The maximum Gasteiger partial charge on any atom is 0.224 e. The molecule has 1 amide bonds. The number of benzene rings is 1. The van der Waals surface area contributed by atoms with Crippen LogP contribution in [-0.2, 0) is 11.2 Å². The van der Waals surface area contributed by atoms with E-state index in [1.807, 2.05) is 24.3 Å². The fourth-order valence-electron chi connectivity index (χ4n) is 2.65. The van der Waals surface area contributed by atoms with Gasteiger partial charge in [-0.05, 0) is 30.4 Å². The Morgan fingerprint density at radius 1 is 1.32 bits per heavy atom. The van der Waals surface area contributed by atoms with Crippen molar-refractivity contribution in [2.75, 3.05) is 5.33 Å². The third kappa shape index (κ3) is 4.22. The van der Waals surface area contributed by atoms with Crippen molar-refractivity contribution in [1.82, 2.24) is 5.32 Å². The second-order valence-corrected chi connectivity index (χ2v) is 6.20. The van der Waals surface area contributed by atoms with Gasteiger partial charge in [-0.15, -0.1) is 0 Å². The van der Waals surface area contributed by atoms with Gasteiger partial charge in [-0.3, -0.25) is 4.79 Å². The first-order valence-corrected chi connectivity index (χ1v) is 8.29. The molecule has 2 rings (SSSR count). The first-order valence-electron chi connectivity index (χ1n) is 6.79. The van der Waals surface area contributed by atoms with Crippen LogP contribution in [0.5, 0.6) is 0 Å².